The van der Waals surface area contributed by atoms with Gasteiger partial charge in [0.05, 0.1) is 18.3 Å². The fraction of sp³-hybridized carbons (Fsp3) is 0.588. The minimum atomic E-state index is -0.596. The number of carbonyl (C=O) groups excluding carboxylic acids is 1. The molecule has 6 nitrogen and oxygen atoms in total. The van der Waals surface area contributed by atoms with Crippen LogP contribution in [0.4, 0.5) is 0 Å². The van der Waals surface area contributed by atoms with E-state index in [0.717, 1.165) is 26.0 Å². The Labute approximate surface area is 136 Å². The summed E-state index contributed by atoms with van der Waals surface area (Å²) in [7, 11) is 0. The van der Waals surface area contributed by atoms with Gasteiger partial charge in [-0.2, -0.15) is 0 Å². The Morgan fingerprint density at radius 1 is 1.43 bits per heavy atom. The average Bonchev–Trinajstić information content (AvgIpc) is 3.07. The van der Waals surface area contributed by atoms with Crippen LogP contribution in [0.2, 0.25) is 0 Å². The number of nitrogens with one attached hydrogen (secondary N) is 1. The van der Waals surface area contributed by atoms with Crippen LogP contribution in [0.3, 0.4) is 0 Å². The van der Waals surface area contributed by atoms with Gasteiger partial charge < -0.3 is 24.6 Å². The number of carbonyl (C=O) groups is 1. The van der Waals surface area contributed by atoms with Crippen molar-refractivity contribution in [3.63, 3.8) is 0 Å². The molecule has 0 unspecified atom stereocenters. The van der Waals surface area contributed by atoms with Crippen molar-refractivity contribution in [2.24, 2.45) is 0 Å². The highest BCUT2D eigenvalue weighted by Gasteiger charge is 2.15. The summed E-state index contributed by atoms with van der Waals surface area (Å²) in [5, 5.41) is 13.1. The van der Waals surface area contributed by atoms with Gasteiger partial charge in [-0.15, -0.1) is 0 Å². The number of hydrogen-bond donors (Lipinski definition) is 2. The van der Waals surface area contributed by atoms with Gasteiger partial charge in [0.25, 0.3) is 0 Å². The lowest BCUT2D eigenvalue weighted by atomic mass is 10.2. The number of benzene rings is 1. The third-order valence-corrected chi connectivity index (χ3v) is 3.58. The predicted octanol–water partition coefficient (Wildman–Crippen LogP) is 1.37. The van der Waals surface area contributed by atoms with Gasteiger partial charge in [-0.1, -0.05) is 0 Å². The Kier molecular flexibility index (Phi) is 7.32. The normalized spacial score (nSPS) is 18.6. The number of aliphatic hydroxyl groups is 1. The molecule has 1 aliphatic heterocycles. The Hall–Kier alpha value is -1.63. The molecule has 23 heavy (non-hydrogen) atoms. The van der Waals surface area contributed by atoms with Crippen molar-refractivity contribution in [2.45, 2.75) is 32.0 Å². The molecule has 0 aliphatic carbocycles. The first-order valence-corrected chi connectivity index (χ1v) is 8.09. The van der Waals surface area contributed by atoms with E-state index in [4.69, 9.17) is 14.2 Å². The van der Waals surface area contributed by atoms with Crippen molar-refractivity contribution < 1.29 is 24.1 Å². The molecule has 6 heteroatoms. The summed E-state index contributed by atoms with van der Waals surface area (Å²) in [6.45, 7) is 4.36. The van der Waals surface area contributed by atoms with Crippen molar-refractivity contribution in [3.8, 4) is 5.75 Å². The molecule has 1 aromatic rings. The highest BCUT2D eigenvalue weighted by molar-refractivity contribution is 5.89. The summed E-state index contributed by atoms with van der Waals surface area (Å²) in [5.41, 5.74) is 0.484. The van der Waals surface area contributed by atoms with E-state index in [-0.39, 0.29) is 18.7 Å². The topological polar surface area (TPSA) is 77.0 Å². The first kappa shape index (κ1) is 17.7. The van der Waals surface area contributed by atoms with Crippen molar-refractivity contribution in [3.05, 3.63) is 29.8 Å². The quantitative estimate of drug-likeness (QED) is 0.669. The fourth-order valence-electron chi connectivity index (χ4n) is 2.37. The molecule has 1 aromatic carbocycles. The summed E-state index contributed by atoms with van der Waals surface area (Å²) in [4.78, 5) is 11.5. The lowest BCUT2D eigenvalue weighted by Crippen LogP contribution is -2.35. The zero-order valence-corrected chi connectivity index (χ0v) is 13.5. The van der Waals surface area contributed by atoms with Crippen molar-refractivity contribution in [2.75, 3.05) is 32.9 Å². The lowest BCUT2D eigenvalue weighted by molar-refractivity contribution is 0.0526. The van der Waals surface area contributed by atoms with Gasteiger partial charge in [-0.3, -0.25) is 0 Å². The maximum absolute atomic E-state index is 11.5. The average molecular weight is 323 g/mol. The van der Waals surface area contributed by atoms with Crippen LogP contribution in [0.15, 0.2) is 24.3 Å². The molecule has 2 N–H and O–H groups in total. The SMILES string of the molecule is CCOC(=O)c1ccc(OC[C@H](O)CNC[C@H]2CCCO2)cc1. The molecule has 0 amide bonds. The third-order valence-electron chi connectivity index (χ3n) is 3.58. The van der Waals surface area contributed by atoms with Crippen LogP contribution >= 0.6 is 0 Å². The van der Waals surface area contributed by atoms with E-state index in [1.165, 1.54) is 0 Å². The largest absolute Gasteiger partial charge is 0.491 e. The molecule has 0 radical (unpaired) electrons. The van der Waals surface area contributed by atoms with Crippen LogP contribution < -0.4 is 10.1 Å². The summed E-state index contributed by atoms with van der Waals surface area (Å²) >= 11 is 0. The van der Waals surface area contributed by atoms with Crippen LogP contribution in [0.1, 0.15) is 30.1 Å². The molecule has 0 saturated carbocycles. The number of esters is 1. The summed E-state index contributed by atoms with van der Waals surface area (Å²) < 4.78 is 15.9. The predicted molar refractivity (Wildman–Crippen MR) is 85.7 cm³/mol. The number of rotatable bonds is 9. The molecule has 1 saturated heterocycles. The van der Waals surface area contributed by atoms with E-state index in [1.807, 2.05) is 0 Å². The Bertz CT molecular complexity index is 470. The first-order valence-electron chi connectivity index (χ1n) is 8.09. The molecule has 128 valence electrons. The molecule has 1 aliphatic rings. The standard InChI is InChI=1S/C17H25NO5/c1-2-21-17(20)13-5-7-15(8-6-13)23-12-14(19)10-18-11-16-4-3-9-22-16/h5-8,14,16,18-19H,2-4,9-12H2,1H3/t14-,16-/m1/s1. The van der Waals surface area contributed by atoms with Crippen molar-refractivity contribution in [1.29, 1.82) is 0 Å². The lowest BCUT2D eigenvalue weighted by Gasteiger charge is -2.15. The van der Waals surface area contributed by atoms with Gasteiger partial charge in [0.15, 0.2) is 0 Å². The highest BCUT2D eigenvalue weighted by atomic mass is 16.5. The van der Waals surface area contributed by atoms with E-state index < -0.39 is 6.10 Å². The maximum atomic E-state index is 11.5. The van der Waals surface area contributed by atoms with Gasteiger partial charge in [-0.05, 0) is 44.0 Å². The van der Waals surface area contributed by atoms with E-state index in [2.05, 4.69) is 5.32 Å². The number of ether oxygens (including phenoxy) is 3. The minimum Gasteiger partial charge on any atom is -0.491 e. The third kappa shape index (κ3) is 6.17. The molecular formula is C17H25NO5. The van der Waals surface area contributed by atoms with E-state index in [0.29, 0.717) is 24.5 Å². The molecule has 1 fully saturated rings. The second-order valence-corrected chi connectivity index (χ2v) is 5.50. The van der Waals surface area contributed by atoms with Crippen molar-refractivity contribution in [1.82, 2.24) is 5.32 Å². The molecule has 0 bridgehead atoms. The highest BCUT2D eigenvalue weighted by Crippen LogP contribution is 2.13. The molecule has 2 atom stereocenters. The molecule has 2 rings (SSSR count). The van der Waals surface area contributed by atoms with E-state index in [9.17, 15) is 9.90 Å². The monoisotopic (exact) mass is 323 g/mol. The fourth-order valence-corrected chi connectivity index (χ4v) is 2.37. The zero-order chi connectivity index (χ0) is 16.5. The molecule has 0 spiro atoms. The van der Waals surface area contributed by atoms with Crippen LogP contribution in [0.5, 0.6) is 5.75 Å². The number of hydrogen-bond acceptors (Lipinski definition) is 6. The Morgan fingerprint density at radius 2 is 2.22 bits per heavy atom. The van der Waals surface area contributed by atoms with Crippen LogP contribution in [0, 0.1) is 0 Å². The van der Waals surface area contributed by atoms with Gasteiger partial charge in [0.2, 0.25) is 0 Å². The van der Waals surface area contributed by atoms with Gasteiger partial charge in [0.1, 0.15) is 18.5 Å². The van der Waals surface area contributed by atoms with Gasteiger partial charge in [-0.25, -0.2) is 4.79 Å². The smallest absolute Gasteiger partial charge is 0.338 e. The van der Waals surface area contributed by atoms with E-state index in [1.54, 1.807) is 31.2 Å². The molecule has 1 heterocycles. The molecule has 0 aromatic heterocycles. The van der Waals surface area contributed by atoms with Crippen LogP contribution in [0.25, 0.3) is 0 Å². The Morgan fingerprint density at radius 3 is 2.87 bits per heavy atom. The first-order chi connectivity index (χ1) is 11.2. The van der Waals surface area contributed by atoms with Crippen LogP contribution in [-0.2, 0) is 9.47 Å². The van der Waals surface area contributed by atoms with Crippen LogP contribution in [-0.4, -0.2) is 56.2 Å². The Balaban J connectivity index is 1.65. The van der Waals surface area contributed by atoms with Gasteiger partial charge in [0, 0.05) is 19.7 Å². The number of aliphatic hydroxyl groups excluding tert-OH is 1. The van der Waals surface area contributed by atoms with E-state index >= 15 is 0 Å². The zero-order valence-electron chi connectivity index (χ0n) is 13.5. The summed E-state index contributed by atoms with van der Waals surface area (Å²) in [6, 6.07) is 6.68. The molecular weight excluding hydrogens is 298 g/mol. The minimum absolute atomic E-state index is 0.192. The van der Waals surface area contributed by atoms with Gasteiger partial charge >= 0.3 is 5.97 Å². The maximum Gasteiger partial charge on any atom is 0.338 e. The van der Waals surface area contributed by atoms with Crippen molar-refractivity contribution >= 4 is 5.97 Å². The summed E-state index contributed by atoms with van der Waals surface area (Å²) in [5.74, 6) is 0.258. The second kappa shape index (κ2) is 9.50. The second-order valence-electron chi connectivity index (χ2n) is 5.50. The summed E-state index contributed by atoms with van der Waals surface area (Å²) in [6.07, 6.45) is 1.85.